The first kappa shape index (κ1) is 21.3. The van der Waals surface area contributed by atoms with Gasteiger partial charge in [-0.05, 0) is 24.3 Å². The monoisotopic (exact) mass is 453 g/mol. The Bertz CT molecular complexity index is 1100. The van der Waals surface area contributed by atoms with Gasteiger partial charge >= 0.3 is 12.1 Å². The molecule has 0 unspecified atom stereocenters. The third-order valence-electron chi connectivity index (χ3n) is 4.52. The Kier molecular flexibility index (Phi) is 5.51. The van der Waals surface area contributed by atoms with E-state index in [1.165, 1.54) is 12.1 Å². The van der Waals surface area contributed by atoms with Crippen LogP contribution in [-0.2, 0) is 9.53 Å². The van der Waals surface area contributed by atoms with Crippen molar-refractivity contribution >= 4 is 17.7 Å². The average molecular weight is 453 g/mol. The summed E-state index contributed by atoms with van der Waals surface area (Å²) in [5, 5.41) is 11.3. The molecule has 0 fully saturated rings. The van der Waals surface area contributed by atoms with Gasteiger partial charge in [0.25, 0.3) is 5.69 Å². The summed E-state index contributed by atoms with van der Waals surface area (Å²) < 4.78 is 66.1. The fourth-order valence-corrected chi connectivity index (χ4v) is 3.10. The molecule has 0 radical (unpaired) electrons. The maximum atomic E-state index is 13.6. The number of fused-ring (bicyclic) bond motifs is 2. The highest BCUT2D eigenvalue weighted by atomic mass is 19.4. The second-order valence-corrected chi connectivity index (χ2v) is 6.62. The summed E-state index contributed by atoms with van der Waals surface area (Å²) in [5.41, 5.74) is -0.853. The van der Waals surface area contributed by atoms with Crippen LogP contribution >= 0.6 is 0 Å². The molecule has 2 aliphatic heterocycles. The Morgan fingerprint density at radius 1 is 1.03 bits per heavy atom. The van der Waals surface area contributed by atoms with Crippen molar-refractivity contribution < 1.29 is 46.6 Å². The van der Waals surface area contributed by atoms with Gasteiger partial charge < -0.3 is 23.7 Å². The van der Waals surface area contributed by atoms with E-state index in [1.807, 2.05) is 0 Å². The second kappa shape index (κ2) is 8.29. The summed E-state index contributed by atoms with van der Waals surface area (Å²) >= 11 is 0. The molecule has 12 heteroatoms. The predicted octanol–water partition coefficient (Wildman–Crippen LogP) is 3.95. The molecule has 0 spiro atoms. The summed E-state index contributed by atoms with van der Waals surface area (Å²) in [5.74, 6) is -0.623. The SMILES string of the molecule is O=C(/C=C\c1cc2c(cc1[N+](=O)[O-])OCO2)O[C@@H](c1ccc2c(c1)OCCO2)C(F)(F)F. The van der Waals surface area contributed by atoms with Crippen LogP contribution in [0, 0.1) is 10.1 Å². The van der Waals surface area contributed by atoms with E-state index < -0.39 is 28.9 Å². The van der Waals surface area contributed by atoms with Gasteiger partial charge in [0.2, 0.25) is 12.9 Å². The maximum absolute atomic E-state index is 13.6. The van der Waals surface area contributed by atoms with E-state index in [4.69, 9.17) is 18.9 Å². The molecule has 32 heavy (non-hydrogen) atoms. The fourth-order valence-electron chi connectivity index (χ4n) is 3.10. The lowest BCUT2D eigenvalue weighted by atomic mass is 10.1. The maximum Gasteiger partial charge on any atom is 0.429 e. The molecule has 0 amide bonds. The van der Waals surface area contributed by atoms with Crippen molar-refractivity contribution in [3.8, 4) is 23.0 Å². The number of ether oxygens (including phenoxy) is 5. The number of hydrogen-bond acceptors (Lipinski definition) is 8. The molecule has 0 aliphatic carbocycles. The summed E-state index contributed by atoms with van der Waals surface area (Å²) in [6.07, 6.45) is -5.86. The molecule has 0 bridgehead atoms. The number of nitro groups is 1. The molecule has 4 rings (SSSR count). The minimum absolute atomic E-state index is 0.0703. The fraction of sp³-hybridized carbons (Fsp3) is 0.250. The van der Waals surface area contributed by atoms with Gasteiger partial charge in [-0.15, -0.1) is 0 Å². The lowest BCUT2D eigenvalue weighted by Crippen LogP contribution is -2.26. The summed E-state index contributed by atoms with van der Waals surface area (Å²) in [4.78, 5) is 22.7. The van der Waals surface area contributed by atoms with Crippen LogP contribution in [0.2, 0.25) is 0 Å². The van der Waals surface area contributed by atoms with Crippen LogP contribution in [0.4, 0.5) is 18.9 Å². The second-order valence-electron chi connectivity index (χ2n) is 6.62. The number of rotatable bonds is 5. The van der Waals surface area contributed by atoms with E-state index in [9.17, 15) is 28.1 Å². The Labute approximate surface area is 178 Å². The van der Waals surface area contributed by atoms with Gasteiger partial charge in [-0.2, -0.15) is 13.2 Å². The summed E-state index contributed by atoms with van der Waals surface area (Å²) in [7, 11) is 0. The third kappa shape index (κ3) is 4.38. The first-order chi connectivity index (χ1) is 15.2. The van der Waals surface area contributed by atoms with E-state index in [0.29, 0.717) is 6.08 Å². The van der Waals surface area contributed by atoms with Gasteiger partial charge in [0.05, 0.1) is 16.6 Å². The molecule has 2 heterocycles. The third-order valence-corrected chi connectivity index (χ3v) is 4.52. The van der Waals surface area contributed by atoms with E-state index in [2.05, 4.69) is 4.74 Å². The van der Waals surface area contributed by atoms with E-state index in [-0.39, 0.29) is 54.1 Å². The van der Waals surface area contributed by atoms with Crippen LogP contribution in [0.25, 0.3) is 6.08 Å². The molecule has 0 aromatic heterocycles. The van der Waals surface area contributed by atoms with Crippen molar-refractivity contribution in [1.82, 2.24) is 0 Å². The van der Waals surface area contributed by atoms with Crippen molar-refractivity contribution in [2.24, 2.45) is 0 Å². The number of esters is 1. The van der Waals surface area contributed by atoms with Crippen molar-refractivity contribution in [1.29, 1.82) is 0 Å². The number of halogens is 3. The molecule has 0 saturated heterocycles. The van der Waals surface area contributed by atoms with Crippen LogP contribution in [0.15, 0.2) is 36.4 Å². The number of hydrogen-bond donors (Lipinski definition) is 0. The van der Waals surface area contributed by atoms with Gasteiger partial charge in [-0.3, -0.25) is 10.1 Å². The summed E-state index contributed by atoms with van der Waals surface area (Å²) in [6, 6.07) is 5.84. The predicted molar refractivity (Wildman–Crippen MR) is 101 cm³/mol. The van der Waals surface area contributed by atoms with Crippen LogP contribution in [-0.4, -0.2) is 37.1 Å². The molecule has 0 N–H and O–H groups in total. The smallest absolute Gasteiger partial charge is 0.429 e. The van der Waals surface area contributed by atoms with Gasteiger partial charge in [-0.1, -0.05) is 6.07 Å². The van der Waals surface area contributed by atoms with Gasteiger partial charge in [0, 0.05) is 11.6 Å². The number of nitrogens with zero attached hydrogens (tertiary/aromatic N) is 1. The van der Waals surface area contributed by atoms with Gasteiger partial charge in [0.15, 0.2) is 23.0 Å². The highest BCUT2D eigenvalue weighted by Gasteiger charge is 2.44. The van der Waals surface area contributed by atoms with Gasteiger partial charge in [-0.25, -0.2) is 4.79 Å². The minimum atomic E-state index is -4.92. The first-order valence-electron chi connectivity index (χ1n) is 9.15. The topological polar surface area (TPSA) is 106 Å². The Hall–Kier alpha value is -3.96. The zero-order valence-corrected chi connectivity index (χ0v) is 16.1. The average Bonchev–Trinajstić information content (AvgIpc) is 3.21. The van der Waals surface area contributed by atoms with Crippen LogP contribution < -0.4 is 18.9 Å². The molecule has 2 aliphatic rings. The molecular formula is C20H14F3NO8. The summed E-state index contributed by atoms with van der Waals surface area (Å²) in [6.45, 7) is 0.301. The zero-order valence-electron chi connectivity index (χ0n) is 16.1. The number of alkyl halides is 3. The molecular weight excluding hydrogens is 439 g/mol. The largest absolute Gasteiger partial charge is 0.486 e. The molecule has 2 aromatic rings. The molecule has 168 valence electrons. The molecule has 2 aromatic carbocycles. The first-order valence-corrected chi connectivity index (χ1v) is 9.15. The Morgan fingerprint density at radius 3 is 2.38 bits per heavy atom. The van der Waals surface area contributed by atoms with Crippen molar-refractivity contribution in [2.75, 3.05) is 20.0 Å². The zero-order chi connectivity index (χ0) is 22.9. The number of carbonyl (C=O) groups is 1. The van der Waals surface area contributed by atoms with Crippen LogP contribution in [0.3, 0.4) is 0 Å². The van der Waals surface area contributed by atoms with E-state index in [1.54, 1.807) is 0 Å². The standard InChI is InChI=1S/C20H14F3NO8/c21-20(22,23)19(12-1-3-14-15(8-12)29-6-5-28-14)32-18(25)4-2-11-7-16-17(31-10-30-16)9-13(11)24(26)27/h1-4,7-9,19H,5-6,10H2/b4-2-/t19-/m0/s1. The van der Waals surface area contributed by atoms with E-state index >= 15 is 0 Å². The van der Waals surface area contributed by atoms with Crippen molar-refractivity contribution in [3.05, 3.63) is 57.6 Å². The number of carbonyl (C=O) groups excluding carboxylic acids is 1. The molecule has 0 saturated carbocycles. The van der Waals surface area contributed by atoms with Crippen molar-refractivity contribution in [3.63, 3.8) is 0 Å². The lowest BCUT2D eigenvalue weighted by molar-refractivity contribution is -0.385. The molecule has 9 nitrogen and oxygen atoms in total. The van der Waals surface area contributed by atoms with Crippen molar-refractivity contribution in [2.45, 2.75) is 12.3 Å². The van der Waals surface area contributed by atoms with Gasteiger partial charge in [0.1, 0.15) is 13.2 Å². The number of nitro benzene ring substituents is 1. The lowest BCUT2D eigenvalue weighted by Gasteiger charge is -2.23. The Balaban J connectivity index is 1.56. The van der Waals surface area contributed by atoms with Crippen LogP contribution in [0.5, 0.6) is 23.0 Å². The number of benzene rings is 2. The normalized spacial score (nSPS) is 15.5. The minimum Gasteiger partial charge on any atom is -0.486 e. The molecule has 1 atom stereocenters. The van der Waals surface area contributed by atoms with E-state index in [0.717, 1.165) is 24.3 Å². The highest BCUT2D eigenvalue weighted by Crippen LogP contribution is 2.41. The quantitative estimate of drug-likeness (QED) is 0.290. The Morgan fingerprint density at radius 2 is 1.69 bits per heavy atom. The highest BCUT2D eigenvalue weighted by molar-refractivity contribution is 5.88. The van der Waals surface area contributed by atoms with Crippen LogP contribution in [0.1, 0.15) is 17.2 Å².